The van der Waals surface area contributed by atoms with Crippen LogP contribution in [0.1, 0.15) is 22.3 Å². The van der Waals surface area contributed by atoms with E-state index >= 15 is 0 Å². The van der Waals surface area contributed by atoms with Crippen molar-refractivity contribution in [1.29, 1.82) is 21.0 Å². The van der Waals surface area contributed by atoms with Gasteiger partial charge in [-0.1, -0.05) is 24.3 Å². The quantitative estimate of drug-likeness (QED) is 0.865. The molecule has 0 N–H and O–H groups in total. The molecular weight excluding hydrogens is 284 g/mol. The van der Waals surface area contributed by atoms with Crippen molar-refractivity contribution in [3.8, 4) is 24.3 Å². The number of hydrogen-bond acceptors (Lipinski definition) is 4. The predicted molar refractivity (Wildman–Crippen MR) is 83.4 cm³/mol. The second-order valence-electron chi connectivity index (χ2n) is 5.28. The molecule has 0 aliphatic carbocycles. The number of rotatable bonds is 4. The van der Waals surface area contributed by atoms with Crippen molar-refractivity contribution >= 4 is 0 Å². The zero-order valence-electron chi connectivity index (χ0n) is 12.3. The fourth-order valence-corrected chi connectivity index (χ4v) is 2.34. The van der Waals surface area contributed by atoms with Crippen LogP contribution in [0, 0.1) is 50.7 Å². The Morgan fingerprint density at radius 1 is 0.609 bits per heavy atom. The number of hydrogen-bond donors (Lipinski definition) is 0. The van der Waals surface area contributed by atoms with E-state index in [0.29, 0.717) is 11.1 Å². The highest BCUT2D eigenvalue weighted by molar-refractivity contribution is 5.36. The SMILES string of the molecule is N#Cc1ccc(CC(C#N)(C#N)Cc2ccc(C#N)cc2)cc1. The Bertz CT molecular complexity index is 775. The molecule has 0 aliphatic rings. The van der Waals surface area contributed by atoms with Gasteiger partial charge in [0.2, 0.25) is 0 Å². The van der Waals surface area contributed by atoms with Crippen molar-refractivity contribution in [3.63, 3.8) is 0 Å². The molecular formula is C19H12N4. The molecule has 2 aromatic rings. The lowest BCUT2D eigenvalue weighted by molar-refractivity contribution is 0.515. The van der Waals surface area contributed by atoms with E-state index in [0.717, 1.165) is 11.1 Å². The molecule has 0 unspecified atom stereocenters. The van der Waals surface area contributed by atoms with Crippen molar-refractivity contribution in [1.82, 2.24) is 0 Å². The van der Waals surface area contributed by atoms with E-state index in [1.807, 2.05) is 12.1 Å². The van der Waals surface area contributed by atoms with Crippen LogP contribution in [-0.2, 0) is 12.8 Å². The average molecular weight is 296 g/mol. The zero-order chi connectivity index (χ0) is 16.7. The van der Waals surface area contributed by atoms with Crippen LogP contribution in [0.3, 0.4) is 0 Å². The van der Waals surface area contributed by atoms with Crippen molar-refractivity contribution in [2.45, 2.75) is 12.8 Å². The van der Waals surface area contributed by atoms with Gasteiger partial charge in [-0.3, -0.25) is 0 Å². The smallest absolute Gasteiger partial charge is 0.151 e. The molecule has 0 bridgehead atoms. The highest BCUT2D eigenvalue weighted by Crippen LogP contribution is 2.27. The molecule has 0 heterocycles. The molecule has 0 aliphatic heterocycles. The Morgan fingerprint density at radius 2 is 0.957 bits per heavy atom. The third kappa shape index (κ3) is 3.74. The van der Waals surface area contributed by atoms with Gasteiger partial charge >= 0.3 is 0 Å². The predicted octanol–water partition coefficient (Wildman–Crippen LogP) is 3.25. The summed E-state index contributed by atoms with van der Waals surface area (Å²) in [7, 11) is 0. The number of benzene rings is 2. The van der Waals surface area contributed by atoms with Gasteiger partial charge in [-0.15, -0.1) is 0 Å². The standard InChI is InChI=1S/C19H12N4/c20-11-17-5-1-15(2-6-17)9-19(13-22,14-23)10-16-3-7-18(12-21)8-4-16/h1-8H,9-10H2. The molecule has 2 rings (SSSR count). The van der Waals surface area contributed by atoms with Crippen LogP contribution in [0.25, 0.3) is 0 Å². The van der Waals surface area contributed by atoms with E-state index in [1.54, 1.807) is 48.5 Å². The van der Waals surface area contributed by atoms with Gasteiger partial charge in [0.1, 0.15) is 0 Å². The molecule has 0 saturated carbocycles. The van der Waals surface area contributed by atoms with Crippen LogP contribution in [0.2, 0.25) is 0 Å². The summed E-state index contributed by atoms with van der Waals surface area (Å²) in [4.78, 5) is 0. The first kappa shape index (κ1) is 15.8. The van der Waals surface area contributed by atoms with Gasteiger partial charge in [-0.25, -0.2) is 0 Å². The largest absolute Gasteiger partial charge is 0.197 e. The third-order valence-corrected chi connectivity index (χ3v) is 3.61. The lowest BCUT2D eigenvalue weighted by atomic mass is 9.79. The maximum Gasteiger partial charge on any atom is 0.151 e. The Balaban J connectivity index is 2.24. The van der Waals surface area contributed by atoms with Gasteiger partial charge < -0.3 is 0 Å². The molecule has 4 nitrogen and oxygen atoms in total. The first-order valence-electron chi connectivity index (χ1n) is 6.95. The molecule has 23 heavy (non-hydrogen) atoms. The lowest BCUT2D eigenvalue weighted by Gasteiger charge is -2.19. The van der Waals surface area contributed by atoms with Crippen LogP contribution >= 0.6 is 0 Å². The van der Waals surface area contributed by atoms with E-state index in [4.69, 9.17) is 10.5 Å². The van der Waals surface area contributed by atoms with E-state index in [9.17, 15) is 10.5 Å². The van der Waals surface area contributed by atoms with Gasteiger partial charge in [0, 0.05) is 12.8 Å². The fourth-order valence-electron chi connectivity index (χ4n) is 2.34. The summed E-state index contributed by atoms with van der Waals surface area (Å²) in [5.74, 6) is 0. The molecule has 0 aromatic heterocycles. The van der Waals surface area contributed by atoms with Crippen LogP contribution < -0.4 is 0 Å². The normalized spacial score (nSPS) is 9.91. The molecule has 2 aromatic carbocycles. The summed E-state index contributed by atoms with van der Waals surface area (Å²) in [5.41, 5.74) is 1.57. The summed E-state index contributed by atoms with van der Waals surface area (Å²) in [5, 5.41) is 36.7. The topological polar surface area (TPSA) is 95.2 Å². The molecule has 0 fully saturated rings. The van der Waals surface area contributed by atoms with Gasteiger partial charge in [-0.05, 0) is 35.4 Å². The van der Waals surface area contributed by atoms with E-state index in [-0.39, 0.29) is 12.8 Å². The monoisotopic (exact) mass is 296 g/mol. The van der Waals surface area contributed by atoms with Crippen LogP contribution in [-0.4, -0.2) is 0 Å². The Kier molecular flexibility index (Phi) is 4.74. The van der Waals surface area contributed by atoms with Gasteiger partial charge in [0.25, 0.3) is 0 Å². The second kappa shape index (κ2) is 6.91. The van der Waals surface area contributed by atoms with Crippen molar-refractivity contribution < 1.29 is 0 Å². The molecule has 108 valence electrons. The summed E-state index contributed by atoms with van der Waals surface area (Å²) in [6.07, 6.45) is 0.567. The van der Waals surface area contributed by atoms with E-state index in [1.165, 1.54) is 0 Å². The minimum Gasteiger partial charge on any atom is -0.197 e. The zero-order valence-corrected chi connectivity index (χ0v) is 12.3. The maximum absolute atomic E-state index is 9.52. The van der Waals surface area contributed by atoms with E-state index < -0.39 is 5.41 Å². The average Bonchev–Trinajstić information content (AvgIpc) is 2.62. The van der Waals surface area contributed by atoms with Gasteiger partial charge in [-0.2, -0.15) is 21.0 Å². The molecule has 0 spiro atoms. The highest BCUT2D eigenvalue weighted by atomic mass is 14.4. The number of nitriles is 4. The lowest BCUT2D eigenvalue weighted by Crippen LogP contribution is -2.22. The first-order chi connectivity index (χ1) is 11.1. The summed E-state index contributed by atoms with van der Waals surface area (Å²) in [6.45, 7) is 0. The maximum atomic E-state index is 9.52. The minimum atomic E-state index is -1.18. The first-order valence-corrected chi connectivity index (χ1v) is 6.95. The molecule has 0 radical (unpaired) electrons. The number of nitrogens with zero attached hydrogens (tertiary/aromatic N) is 4. The van der Waals surface area contributed by atoms with Gasteiger partial charge in [0.05, 0.1) is 35.4 Å². The Morgan fingerprint density at radius 3 is 1.22 bits per heavy atom. The third-order valence-electron chi connectivity index (χ3n) is 3.61. The van der Waals surface area contributed by atoms with Crippen molar-refractivity contribution in [2.75, 3.05) is 0 Å². The highest BCUT2D eigenvalue weighted by Gasteiger charge is 2.31. The summed E-state index contributed by atoms with van der Waals surface area (Å²) >= 11 is 0. The second-order valence-corrected chi connectivity index (χ2v) is 5.28. The molecule has 0 saturated heterocycles. The van der Waals surface area contributed by atoms with Crippen LogP contribution in [0.15, 0.2) is 48.5 Å². The Hall–Kier alpha value is -3.60. The van der Waals surface area contributed by atoms with E-state index in [2.05, 4.69) is 12.1 Å². The van der Waals surface area contributed by atoms with Crippen LogP contribution in [0.4, 0.5) is 0 Å². The molecule has 4 heteroatoms. The molecule has 0 amide bonds. The van der Waals surface area contributed by atoms with Crippen LogP contribution in [0.5, 0.6) is 0 Å². The molecule has 0 atom stereocenters. The fraction of sp³-hybridized carbons (Fsp3) is 0.158. The van der Waals surface area contributed by atoms with Gasteiger partial charge in [0.15, 0.2) is 5.41 Å². The summed E-state index contributed by atoms with van der Waals surface area (Å²) in [6, 6.07) is 22.1. The Labute approximate surface area is 135 Å². The van der Waals surface area contributed by atoms with Crippen molar-refractivity contribution in [2.24, 2.45) is 5.41 Å². The van der Waals surface area contributed by atoms with Crippen molar-refractivity contribution in [3.05, 3.63) is 70.8 Å². The minimum absolute atomic E-state index is 0.283. The summed E-state index contributed by atoms with van der Waals surface area (Å²) < 4.78 is 0.